The number of hydrogen-bond acceptors (Lipinski definition) is 5. The molecule has 0 aliphatic carbocycles. The Balaban J connectivity index is 1.32. The Kier molecular flexibility index (Phi) is 10.7. The van der Waals surface area contributed by atoms with Gasteiger partial charge in [-0.3, -0.25) is 9.52 Å². The molecule has 0 bridgehead atoms. The molecule has 3 N–H and O–H groups in total. The van der Waals surface area contributed by atoms with E-state index in [0.29, 0.717) is 18.7 Å². The second-order valence-corrected chi connectivity index (χ2v) is 13.6. The van der Waals surface area contributed by atoms with Gasteiger partial charge in [-0.05, 0) is 119 Å². The Morgan fingerprint density at radius 3 is 2.28 bits per heavy atom. The second kappa shape index (κ2) is 14.2. The largest absolute Gasteiger partial charge is 0.465 e. The van der Waals surface area contributed by atoms with E-state index in [4.69, 9.17) is 4.74 Å². The minimum atomic E-state index is -3.25. The highest BCUT2D eigenvalue weighted by atomic mass is 32.2. The van der Waals surface area contributed by atoms with Gasteiger partial charge in [0.2, 0.25) is 10.0 Å². The number of fused-ring (bicyclic) bond motifs is 1. The third kappa shape index (κ3) is 8.94. The predicted octanol–water partition coefficient (Wildman–Crippen LogP) is 6.37. The zero-order valence-corrected chi connectivity index (χ0v) is 26.9. The molecular weight excluding hydrogens is 558 g/mol. The first-order valence-electron chi connectivity index (χ1n) is 15.1. The highest BCUT2D eigenvalue weighted by molar-refractivity contribution is 7.92. The summed E-state index contributed by atoms with van der Waals surface area (Å²) in [5.41, 5.74) is 7.74. The van der Waals surface area contributed by atoms with Gasteiger partial charge in [0.05, 0.1) is 18.3 Å². The summed E-state index contributed by atoms with van der Waals surface area (Å²) in [6, 6.07) is 20.3. The molecule has 230 valence electrons. The number of nitrogens with one attached hydrogen (secondary N) is 3. The predicted molar refractivity (Wildman–Crippen MR) is 176 cm³/mol. The van der Waals surface area contributed by atoms with Crippen molar-refractivity contribution in [1.82, 2.24) is 10.3 Å². The highest BCUT2D eigenvalue weighted by Gasteiger charge is 2.37. The van der Waals surface area contributed by atoms with Crippen molar-refractivity contribution in [1.29, 1.82) is 0 Å². The fourth-order valence-electron chi connectivity index (χ4n) is 5.71. The number of esters is 1. The van der Waals surface area contributed by atoms with Gasteiger partial charge in [-0.25, -0.2) is 8.42 Å². The van der Waals surface area contributed by atoms with Crippen LogP contribution in [0, 0.1) is 13.8 Å². The van der Waals surface area contributed by atoms with Crippen LogP contribution in [0.15, 0.2) is 66.9 Å². The van der Waals surface area contributed by atoms with Crippen LogP contribution < -0.4 is 10.0 Å². The summed E-state index contributed by atoms with van der Waals surface area (Å²) in [6.07, 6.45) is 7.79. The molecule has 0 amide bonds. The van der Waals surface area contributed by atoms with Crippen LogP contribution in [-0.2, 0) is 44.2 Å². The van der Waals surface area contributed by atoms with Crippen LogP contribution in [0.25, 0.3) is 10.9 Å². The number of aromatic amines is 1. The standard InChI is InChI=1S/C35H45N3O4S/c1-6-42-34(39)35(4,30-20-25(2)19-26(3)21-30)23-28-12-15-33-32(22-28)29(24-37-33)16-18-36-17-8-7-9-27-10-13-31(14-11-27)38-43(5,40)41/h10-15,19-22,24,36-38H,6-9,16-18,23H2,1-5H3. The number of carbonyl (C=O) groups excluding carboxylic acids is 1. The average Bonchev–Trinajstić information content (AvgIpc) is 3.34. The Morgan fingerprint density at radius 1 is 0.907 bits per heavy atom. The number of sulfonamides is 1. The summed E-state index contributed by atoms with van der Waals surface area (Å²) in [7, 11) is -3.25. The van der Waals surface area contributed by atoms with Gasteiger partial charge >= 0.3 is 5.97 Å². The van der Waals surface area contributed by atoms with Crippen molar-refractivity contribution >= 4 is 32.6 Å². The fourth-order valence-corrected chi connectivity index (χ4v) is 6.27. The molecule has 0 radical (unpaired) electrons. The van der Waals surface area contributed by atoms with Gasteiger partial charge in [-0.1, -0.05) is 47.5 Å². The molecule has 1 heterocycles. The molecule has 0 aliphatic heterocycles. The van der Waals surface area contributed by atoms with Crippen LogP contribution in [0.3, 0.4) is 0 Å². The topological polar surface area (TPSA) is 100 Å². The van der Waals surface area contributed by atoms with E-state index < -0.39 is 15.4 Å². The number of aromatic nitrogens is 1. The van der Waals surface area contributed by atoms with Gasteiger partial charge in [-0.15, -0.1) is 0 Å². The Morgan fingerprint density at radius 2 is 1.60 bits per heavy atom. The lowest BCUT2D eigenvalue weighted by molar-refractivity contribution is -0.149. The molecule has 8 heteroatoms. The van der Waals surface area contributed by atoms with Gasteiger partial charge in [0.15, 0.2) is 0 Å². The number of unbranched alkanes of at least 4 members (excludes halogenated alkanes) is 1. The lowest BCUT2D eigenvalue weighted by Gasteiger charge is -2.29. The van der Waals surface area contributed by atoms with Crippen molar-refractivity contribution in [2.24, 2.45) is 0 Å². The summed E-state index contributed by atoms with van der Waals surface area (Å²) in [5.74, 6) is -0.195. The maximum absolute atomic E-state index is 13.3. The first-order valence-corrected chi connectivity index (χ1v) is 17.0. The number of aryl methyl sites for hydroxylation is 3. The van der Waals surface area contributed by atoms with E-state index in [-0.39, 0.29) is 5.97 Å². The lowest BCUT2D eigenvalue weighted by Crippen LogP contribution is -2.37. The van der Waals surface area contributed by atoms with E-state index in [1.807, 2.05) is 38.1 Å². The summed E-state index contributed by atoms with van der Waals surface area (Å²) in [5, 5.41) is 4.77. The molecule has 0 saturated heterocycles. The van der Waals surface area contributed by atoms with E-state index >= 15 is 0 Å². The van der Waals surface area contributed by atoms with Crippen LogP contribution >= 0.6 is 0 Å². The molecule has 1 aromatic heterocycles. The fraction of sp³-hybridized carbons (Fsp3) is 0.400. The maximum atomic E-state index is 13.3. The third-order valence-electron chi connectivity index (χ3n) is 7.87. The molecule has 3 aromatic carbocycles. The van der Waals surface area contributed by atoms with Crippen LogP contribution in [0.5, 0.6) is 0 Å². The summed E-state index contributed by atoms with van der Waals surface area (Å²) >= 11 is 0. The molecule has 0 aliphatic rings. The van der Waals surface area contributed by atoms with Crippen LogP contribution in [0.1, 0.15) is 60.1 Å². The van der Waals surface area contributed by atoms with Crippen molar-refractivity contribution in [3.8, 4) is 0 Å². The first-order chi connectivity index (χ1) is 20.5. The first kappa shape index (κ1) is 32.3. The number of H-pyrrole nitrogens is 1. The van der Waals surface area contributed by atoms with Gasteiger partial charge in [0.25, 0.3) is 0 Å². The lowest BCUT2D eigenvalue weighted by atomic mass is 9.76. The van der Waals surface area contributed by atoms with E-state index in [1.165, 1.54) is 16.5 Å². The minimum absolute atomic E-state index is 0.195. The maximum Gasteiger partial charge on any atom is 0.316 e. The van der Waals surface area contributed by atoms with Gasteiger partial charge in [0, 0.05) is 22.8 Å². The molecule has 0 spiro atoms. The normalized spacial score (nSPS) is 13.1. The van der Waals surface area contributed by atoms with Crippen molar-refractivity contribution < 1.29 is 17.9 Å². The molecular formula is C35H45N3O4S. The zero-order valence-electron chi connectivity index (χ0n) is 26.0. The third-order valence-corrected chi connectivity index (χ3v) is 8.48. The molecule has 1 unspecified atom stereocenters. The van der Waals surface area contributed by atoms with Crippen LogP contribution in [-0.4, -0.2) is 45.3 Å². The molecule has 0 saturated carbocycles. The smallest absolute Gasteiger partial charge is 0.316 e. The Hall–Kier alpha value is -3.62. The summed E-state index contributed by atoms with van der Waals surface area (Å²) < 4.78 is 30.8. The number of hydrogen-bond donors (Lipinski definition) is 3. The summed E-state index contributed by atoms with van der Waals surface area (Å²) in [4.78, 5) is 16.7. The van der Waals surface area contributed by atoms with Gasteiger partial charge < -0.3 is 15.0 Å². The zero-order chi connectivity index (χ0) is 31.0. The number of ether oxygens (including phenoxy) is 1. The van der Waals surface area contributed by atoms with Gasteiger partial charge in [-0.2, -0.15) is 0 Å². The Bertz CT molecular complexity index is 1620. The number of rotatable bonds is 15. The monoisotopic (exact) mass is 603 g/mol. The SMILES string of the molecule is CCOC(=O)C(C)(Cc1ccc2[nH]cc(CCNCCCCc3ccc(NS(C)(=O)=O)cc3)c2c1)c1cc(C)cc(C)c1. The number of benzene rings is 3. The molecule has 4 aromatic rings. The van der Waals surface area contributed by atoms with E-state index in [2.05, 4.69) is 71.5 Å². The van der Waals surface area contributed by atoms with E-state index in [0.717, 1.165) is 72.8 Å². The average molecular weight is 604 g/mol. The summed E-state index contributed by atoms with van der Waals surface area (Å²) in [6.45, 7) is 10.2. The molecule has 4 rings (SSSR count). The van der Waals surface area contributed by atoms with E-state index in [1.54, 1.807) is 0 Å². The number of anilines is 1. The van der Waals surface area contributed by atoms with Crippen molar-refractivity contribution in [3.05, 3.63) is 100 Å². The highest BCUT2D eigenvalue weighted by Crippen LogP contribution is 2.33. The molecule has 1 atom stereocenters. The quantitative estimate of drug-likeness (QED) is 0.108. The Labute approximate surface area is 256 Å². The second-order valence-electron chi connectivity index (χ2n) is 11.8. The molecule has 43 heavy (non-hydrogen) atoms. The van der Waals surface area contributed by atoms with Crippen molar-refractivity contribution in [3.63, 3.8) is 0 Å². The van der Waals surface area contributed by atoms with E-state index in [9.17, 15) is 13.2 Å². The minimum Gasteiger partial charge on any atom is -0.465 e. The number of carbonyl (C=O) groups is 1. The molecule has 0 fully saturated rings. The van der Waals surface area contributed by atoms with Crippen molar-refractivity contribution in [2.75, 3.05) is 30.7 Å². The van der Waals surface area contributed by atoms with Gasteiger partial charge in [0.1, 0.15) is 0 Å². The molecule has 7 nitrogen and oxygen atoms in total. The van der Waals surface area contributed by atoms with Crippen LogP contribution in [0.2, 0.25) is 0 Å². The van der Waals surface area contributed by atoms with Crippen LogP contribution in [0.4, 0.5) is 5.69 Å². The van der Waals surface area contributed by atoms with Crippen molar-refractivity contribution in [2.45, 2.75) is 65.2 Å².